The second-order valence-electron chi connectivity index (χ2n) is 5.29. The Labute approximate surface area is 136 Å². The van der Waals surface area contributed by atoms with Crippen molar-refractivity contribution in [2.45, 2.75) is 25.8 Å². The van der Waals surface area contributed by atoms with Crippen LogP contribution in [0.4, 0.5) is 16.6 Å². The van der Waals surface area contributed by atoms with E-state index < -0.39 is 0 Å². The van der Waals surface area contributed by atoms with Gasteiger partial charge in [-0.15, -0.1) is 0 Å². The lowest BCUT2D eigenvalue weighted by molar-refractivity contribution is 0.0983. The minimum Gasteiger partial charge on any atom is -0.450 e. The lowest BCUT2D eigenvalue weighted by Crippen LogP contribution is -2.42. The Kier molecular flexibility index (Phi) is 6.86. The fraction of sp³-hybridized carbons (Fsp3) is 0.667. The Morgan fingerprint density at radius 1 is 1.43 bits per heavy atom. The molecule has 0 radical (unpaired) electrons. The van der Waals surface area contributed by atoms with Crippen LogP contribution in [0.1, 0.15) is 19.8 Å². The van der Waals surface area contributed by atoms with Gasteiger partial charge in [-0.3, -0.25) is 0 Å². The van der Waals surface area contributed by atoms with E-state index in [1.807, 2.05) is 13.0 Å². The second-order valence-corrected chi connectivity index (χ2v) is 5.29. The molecule has 0 saturated carbocycles. The summed E-state index contributed by atoms with van der Waals surface area (Å²) in [5.74, 6) is 1.37. The quantitative estimate of drug-likeness (QED) is 0.736. The summed E-state index contributed by atoms with van der Waals surface area (Å²) in [5.41, 5.74) is 0. The monoisotopic (exact) mass is 323 g/mol. The predicted molar refractivity (Wildman–Crippen MR) is 87.6 cm³/mol. The van der Waals surface area contributed by atoms with Gasteiger partial charge in [0.1, 0.15) is 5.82 Å². The number of methoxy groups -OCH3 is 1. The molecule has 0 aromatic carbocycles. The lowest BCUT2D eigenvalue weighted by Gasteiger charge is -2.31. The number of nitrogens with zero attached hydrogens (tertiary/aromatic N) is 3. The maximum atomic E-state index is 11.7. The molecule has 0 unspecified atom stereocenters. The number of hydrogen-bond donors (Lipinski definition) is 2. The van der Waals surface area contributed by atoms with Crippen molar-refractivity contribution in [2.75, 3.05) is 50.6 Å². The summed E-state index contributed by atoms with van der Waals surface area (Å²) in [6.45, 7) is 4.92. The van der Waals surface area contributed by atoms with E-state index in [-0.39, 0.29) is 12.1 Å². The van der Waals surface area contributed by atoms with Crippen molar-refractivity contribution >= 4 is 17.9 Å². The second kappa shape index (κ2) is 9.14. The Bertz CT molecular complexity index is 492. The molecular formula is C15H25N5O3. The average Bonchev–Trinajstić information content (AvgIpc) is 2.56. The molecule has 128 valence electrons. The summed E-state index contributed by atoms with van der Waals surface area (Å²) < 4.78 is 10.0. The SMILES string of the molecule is CCOC(=O)N1CCC(Nc2nccc(NCCOC)n2)CC1. The van der Waals surface area contributed by atoms with Gasteiger partial charge in [-0.05, 0) is 25.8 Å². The molecule has 1 amide bonds. The molecule has 8 heteroatoms. The third-order valence-electron chi connectivity index (χ3n) is 3.62. The minimum absolute atomic E-state index is 0.230. The molecule has 8 nitrogen and oxygen atoms in total. The maximum Gasteiger partial charge on any atom is 0.409 e. The van der Waals surface area contributed by atoms with Gasteiger partial charge in [0, 0.05) is 39.0 Å². The first-order chi connectivity index (χ1) is 11.2. The van der Waals surface area contributed by atoms with E-state index >= 15 is 0 Å². The smallest absolute Gasteiger partial charge is 0.409 e. The van der Waals surface area contributed by atoms with Crippen LogP contribution in [-0.4, -0.2) is 67.0 Å². The van der Waals surface area contributed by atoms with E-state index in [0.29, 0.717) is 38.8 Å². The molecule has 0 atom stereocenters. The number of likely N-dealkylation sites (tertiary alicyclic amines) is 1. The van der Waals surface area contributed by atoms with Crippen LogP contribution in [0.3, 0.4) is 0 Å². The van der Waals surface area contributed by atoms with Crippen LogP contribution in [0.25, 0.3) is 0 Å². The van der Waals surface area contributed by atoms with Crippen molar-refractivity contribution in [3.8, 4) is 0 Å². The first-order valence-corrected chi connectivity index (χ1v) is 7.97. The highest BCUT2D eigenvalue weighted by atomic mass is 16.6. The van der Waals surface area contributed by atoms with Crippen LogP contribution in [0, 0.1) is 0 Å². The fourth-order valence-corrected chi connectivity index (χ4v) is 2.41. The number of hydrogen-bond acceptors (Lipinski definition) is 7. The van der Waals surface area contributed by atoms with Crippen LogP contribution >= 0.6 is 0 Å². The van der Waals surface area contributed by atoms with Crippen molar-refractivity contribution in [2.24, 2.45) is 0 Å². The lowest BCUT2D eigenvalue weighted by atomic mass is 10.1. The third-order valence-corrected chi connectivity index (χ3v) is 3.62. The molecule has 2 heterocycles. The Balaban J connectivity index is 1.79. The van der Waals surface area contributed by atoms with Gasteiger partial charge in [-0.25, -0.2) is 9.78 Å². The summed E-state index contributed by atoms with van der Waals surface area (Å²) in [5, 5.41) is 6.50. The predicted octanol–water partition coefficient (Wildman–Crippen LogP) is 1.57. The third kappa shape index (κ3) is 5.55. The Hall–Kier alpha value is -2.09. The normalized spacial score (nSPS) is 15.3. The van der Waals surface area contributed by atoms with Crippen molar-refractivity contribution < 1.29 is 14.3 Å². The average molecular weight is 323 g/mol. The Morgan fingerprint density at radius 3 is 2.91 bits per heavy atom. The molecule has 1 aromatic heterocycles. The van der Waals surface area contributed by atoms with Gasteiger partial charge in [0.15, 0.2) is 0 Å². The molecule has 1 fully saturated rings. The zero-order chi connectivity index (χ0) is 16.5. The zero-order valence-electron chi connectivity index (χ0n) is 13.7. The van der Waals surface area contributed by atoms with Crippen LogP contribution in [0.15, 0.2) is 12.3 Å². The van der Waals surface area contributed by atoms with Crippen molar-refractivity contribution in [3.63, 3.8) is 0 Å². The van der Waals surface area contributed by atoms with Crippen molar-refractivity contribution in [1.82, 2.24) is 14.9 Å². The number of carbonyl (C=O) groups excluding carboxylic acids is 1. The van der Waals surface area contributed by atoms with Crippen LogP contribution in [0.5, 0.6) is 0 Å². The highest BCUT2D eigenvalue weighted by molar-refractivity contribution is 5.67. The Morgan fingerprint density at radius 2 is 2.22 bits per heavy atom. The topological polar surface area (TPSA) is 88.6 Å². The molecule has 0 bridgehead atoms. The van der Waals surface area contributed by atoms with Gasteiger partial charge >= 0.3 is 6.09 Å². The minimum atomic E-state index is -0.230. The summed E-state index contributed by atoms with van der Waals surface area (Å²) >= 11 is 0. The van der Waals surface area contributed by atoms with Crippen LogP contribution in [-0.2, 0) is 9.47 Å². The number of rotatable bonds is 7. The van der Waals surface area contributed by atoms with Gasteiger partial charge in [0.2, 0.25) is 5.95 Å². The highest BCUT2D eigenvalue weighted by Crippen LogP contribution is 2.15. The molecule has 0 spiro atoms. The zero-order valence-corrected chi connectivity index (χ0v) is 13.7. The molecule has 2 N–H and O–H groups in total. The standard InChI is InChI=1S/C15H25N5O3/c1-3-23-15(21)20-9-5-12(6-10-20)18-14-17-7-4-13(19-14)16-8-11-22-2/h4,7,12H,3,5-6,8-11H2,1-2H3,(H2,16,17,18,19). The number of piperidine rings is 1. The van der Waals surface area contributed by atoms with Gasteiger partial charge in [0.25, 0.3) is 0 Å². The van der Waals surface area contributed by atoms with Crippen LogP contribution < -0.4 is 10.6 Å². The molecule has 1 aliphatic heterocycles. The number of aromatic nitrogens is 2. The number of ether oxygens (including phenoxy) is 2. The van der Waals surface area contributed by atoms with E-state index in [4.69, 9.17) is 9.47 Å². The molecule has 2 rings (SSSR count). The van der Waals surface area contributed by atoms with E-state index in [2.05, 4.69) is 20.6 Å². The summed E-state index contributed by atoms with van der Waals surface area (Å²) in [6.07, 6.45) is 3.19. The number of carbonyl (C=O) groups is 1. The fourth-order valence-electron chi connectivity index (χ4n) is 2.41. The first-order valence-electron chi connectivity index (χ1n) is 7.97. The van der Waals surface area contributed by atoms with E-state index in [0.717, 1.165) is 18.7 Å². The molecule has 1 aromatic rings. The number of nitrogens with one attached hydrogen (secondary N) is 2. The maximum absolute atomic E-state index is 11.7. The van der Waals surface area contributed by atoms with Gasteiger partial charge in [-0.1, -0.05) is 0 Å². The number of anilines is 2. The summed E-state index contributed by atoms with van der Waals surface area (Å²) in [7, 11) is 1.66. The van der Waals surface area contributed by atoms with Gasteiger partial charge < -0.3 is 25.0 Å². The van der Waals surface area contributed by atoms with Gasteiger partial charge in [0.05, 0.1) is 13.2 Å². The van der Waals surface area contributed by atoms with E-state index in [1.165, 1.54) is 0 Å². The van der Waals surface area contributed by atoms with Crippen molar-refractivity contribution in [3.05, 3.63) is 12.3 Å². The molecule has 0 aliphatic carbocycles. The largest absolute Gasteiger partial charge is 0.450 e. The van der Waals surface area contributed by atoms with Crippen LogP contribution in [0.2, 0.25) is 0 Å². The number of amides is 1. The summed E-state index contributed by atoms with van der Waals surface area (Å²) in [6, 6.07) is 2.08. The highest BCUT2D eigenvalue weighted by Gasteiger charge is 2.23. The molecule has 1 aliphatic rings. The first kappa shape index (κ1) is 17.3. The van der Waals surface area contributed by atoms with E-state index in [9.17, 15) is 4.79 Å². The van der Waals surface area contributed by atoms with E-state index in [1.54, 1.807) is 18.2 Å². The molecule has 23 heavy (non-hydrogen) atoms. The molecule has 1 saturated heterocycles. The summed E-state index contributed by atoms with van der Waals surface area (Å²) in [4.78, 5) is 22.1. The molecular weight excluding hydrogens is 298 g/mol. The van der Waals surface area contributed by atoms with Gasteiger partial charge in [-0.2, -0.15) is 4.98 Å². The van der Waals surface area contributed by atoms with Crippen molar-refractivity contribution in [1.29, 1.82) is 0 Å².